The van der Waals surface area contributed by atoms with E-state index in [4.69, 9.17) is 14.2 Å². The van der Waals surface area contributed by atoms with Gasteiger partial charge in [0.2, 0.25) is 0 Å². The van der Waals surface area contributed by atoms with Crippen molar-refractivity contribution in [3.05, 3.63) is 47.5 Å². The zero-order valence-corrected chi connectivity index (χ0v) is 16.2. The minimum atomic E-state index is -0.393. The van der Waals surface area contributed by atoms with Gasteiger partial charge in [-0.25, -0.2) is 0 Å². The second-order valence-corrected chi connectivity index (χ2v) is 6.10. The van der Waals surface area contributed by atoms with Gasteiger partial charge in [0.1, 0.15) is 5.75 Å². The van der Waals surface area contributed by atoms with E-state index in [1.807, 2.05) is 19.1 Å². The number of hydrogen-bond donors (Lipinski definition) is 1. The number of amides is 2. The van der Waals surface area contributed by atoms with Crippen LogP contribution in [0.4, 0.5) is 5.69 Å². The first kappa shape index (κ1) is 20.1. The Labute approximate surface area is 158 Å². The van der Waals surface area contributed by atoms with Crippen LogP contribution in [0.2, 0.25) is 0 Å². The first-order chi connectivity index (χ1) is 12.8. The van der Waals surface area contributed by atoms with Gasteiger partial charge < -0.3 is 24.4 Å². The molecule has 0 radical (unpaired) electrons. The van der Waals surface area contributed by atoms with Crippen molar-refractivity contribution in [3.8, 4) is 17.2 Å². The maximum atomic E-state index is 12.5. The van der Waals surface area contributed by atoms with Gasteiger partial charge in [-0.05, 0) is 25.1 Å². The summed E-state index contributed by atoms with van der Waals surface area (Å²) < 4.78 is 16.0. The van der Waals surface area contributed by atoms with Crippen LogP contribution in [-0.4, -0.2) is 51.6 Å². The fourth-order valence-corrected chi connectivity index (χ4v) is 2.37. The van der Waals surface area contributed by atoms with Crippen LogP contribution in [0.3, 0.4) is 0 Å². The fraction of sp³-hybridized carbons (Fsp3) is 0.300. The quantitative estimate of drug-likeness (QED) is 0.809. The number of benzene rings is 2. The zero-order chi connectivity index (χ0) is 20.0. The monoisotopic (exact) mass is 372 g/mol. The molecule has 27 heavy (non-hydrogen) atoms. The number of methoxy groups -OCH3 is 2. The van der Waals surface area contributed by atoms with Crippen LogP contribution in [0.15, 0.2) is 36.4 Å². The van der Waals surface area contributed by atoms with E-state index in [0.29, 0.717) is 28.5 Å². The summed E-state index contributed by atoms with van der Waals surface area (Å²) in [4.78, 5) is 26.2. The molecule has 2 aromatic carbocycles. The van der Waals surface area contributed by atoms with Crippen LogP contribution < -0.4 is 19.5 Å². The number of ether oxygens (including phenoxy) is 3. The molecule has 0 heterocycles. The van der Waals surface area contributed by atoms with E-state index in [1.165, 1.54) is 25.2 Å². The topological polar surface area (TPSA) is 77.1 Å². The molecule has 0 unspecified atom stereocenters. The van der Waals surface area contributed by atoms with E-state index in [1.54, 1.807) is 32.3 Å². The molecule has 0 aliphatic carbocycles. The summed E-state index contributed by atoms with van der Waals surface area (Å²) in [7, 11) is 6.23. The minimum Gasteiger partial charge on any atom is -0.493 e. The zero-order valence-electron chi connectivity index (χ0n) is 16.2. The maximum Gasteiger partial charge on any atom is 0.262 e. The Kier molecular flexibility index (Phi) is 6.65. The van der Waals surface area contributed by atoms with Crippen LogP contribution in [0.25, 0.3) is 0 Å². The summed E-state index contributed by atoms with van der Waals surface area (Å²) in [6, 6.07) is 10.5. The molecular formula is C20H24N2O5. The number of carbonyl (C=O) groups excluding carboxylic acids is 2. The van der Waals surface area contributed by atoms with Gasteiger partial charge in [-0.2, -0.15) is 0 Å². The average Bonchev–Trinajstić information content (AvgIpc) is 2.66. The number of rotatable bonds is 7. The summed E-state index contributed by atoms with van der Waals surface area (Å²) in [5.41, 5.74) is 1.72. The highest BCUT2D eigenvalue weighted by molar-refractivity contribution is 6.04. The Bertz CT molecular complexity index is 816. The van der Waals surface area contributed by atoms with Gasteiger partial charge >= 0.3 is 0 Å². The number of nitrogens with one attached hydrogen (secondary N) is 1. The van der Waals surface area contributed by atoms with E-state index >= 15 is 0 Å². The van der Waals surface area contributed by atoms with Gasteiger partial charge in [0.15, 0.2) is 18.1 Å². The van der Waals surface area contributed by atoms with Crippen LogP contribution in [-0.2, 0) is 4.79 Å². The molecular weight excluding hydrogens is 348 g/mol. The van der Waals surface area contributed by atoms with Crippen LogP contribution in [0, 0.1) is 6.92 Å². The fourth-order valence-electron chi connectivity index (χ4n) is 2.37. The van der Waals surface area contributed by atoms with Crippen LogP contribution >= 0.6 is 0 Å². The van der Waals surface area contributed by atoms with Gasteiger partial charge in [-0.15, -0.1) is 0 Å². The summed E-state index contributed by atoms with van der Waals surface area (Å²) in [5.74, 6) is 0.730. The molecule has 2 aromatic rings. The molecule has 0 bridgehead atoms. The maximum absolute atomic E-state index is 12.5. The van der Waals surface area contributed by atoms with Crippen molar-refractivity contribution in [1.29, 1.82) is 0 Å². The normalized spacial score (nSPS) is 10.1. The van der Waals surface area contributed by atoms with Crippen molar-refractivity contribution >= 4 is 17.5 Å². The van der Waals surface area contributed by atoms with Gasteiger partial charge in [-0.3, -0.25) is 9.59 Å². The van der Waals surface area contributed by atoms with E-state index in [2.05, 4.69) is 5.32 Å². The Morgan fingerprint density at radius 3 is 2.15 bits per heavy atom. The standard InChI is InChI=1S/C20H24N2O5/c1-13-6-8-14(9-7-13)27-12-19(23)21-16-11-18(26-5)17(25-4)10-15(16)20(24)22(2)3/h6-11H,12H2,1-5H3,(H,21,23). The van der Waals surface area contributed by atoms with Crippen molar-refractivity contribution < 1.29 is 23.8 Å². The molecule has 0 aliphatic rings. The lowest BCUT2D eigenvalue weighted by atomic mass is 10.1. The molecule has 7 nitrogen and oxygen atoms in total. The lowest BCUT2D eigenvalue weighted by Gasteiger charge is -2.18. The molecule has 144 valence electrons. The van der Waals surface area contributed by atoms with Gasteiger partial charge in [-0.1, -0.05) is 17.7 Å². The third-order valence-electron chi connectivity index (χ3n) is 3.83. The van der Waals surface area contributed by atoms with Crippen molar-refractivity contribution in [2.75, 3.05) is 40.2 Å². The Morgan fingerprint density at radius 2 is 1.59 bits per heavy atom. The Balaban J connectivity index is 2.20. The number of anilines is 1. The molecule has 0 aromatic heterocycles. The summed E-state index contributed by atoms with van der Waals surface area (Å²) in [6.45, 7) is 1.78. The molecule has 0 saturated heterocycles. The number of nitrogens with zero attached hydrogens (tertiary/aromatic N) is 1. The van der Waals surface area contributed by atoms with Crippen molar-refractivity contribution in [1.82, 2.24) is 4.90 Å². The lowest BCUT2D eigenvalue weighted by molar-refractivity contribution is -0.118. The van der Waals surface area contributed by atoms with E-state index in [0.717, 1.165) is 5.56 Å². The average molecular weight is 372 g/mol. The molecule has 0 atom stereocenters. The summed E-state index contributed by atoms with van der Waals surface area (Å²) >= 11 is 0. The van der Waals surface area contributed by atoms with E-state index in [-0.39, 0.29) is 12.5 Å². The number of carbonyl (C=O) groups is 2. The molecule has 0 fully saturated rings. The summed E-state index contributed by atoms with van der Waals surface area (Å²) in [5, 5.41) is 2.71. The minimum absolute atomic E-state index is 0.187. The first-order valence-electron chi connectivity index (χ1n) is 8.32. The third-order valence-corrected chi connectivity index (χ3v) is 3.83. The molecule has 0 spiro atoms. The predicted molar refractivity (Wildman–Crippen MR) is 103 cm³/mol. The Morgan fingerprint density at radius 1 is 1.00 bits per heavy atom. The molecule has 0 saturated carbocycles. The molecule has 1 N–H and O–H groups in total. The van der Waals surface area contributed by atoms with Crippen molar-refractivity contribution in [3.63, 3.8) is 0 Å². The highest BCUT2D eigenvalue weighted by Crippen LogP contribution is 2.33. The molecule has 2 amide bonds. The smallest absolute Gasteiger partial charge is 0.262 e. The van der Waals surface area contributed by atoms with Gasteiger partial charge in [0, 0.05) is 20.2 Å². The number of hydrogen-bond acceptors (Lipinski definition) is 5. The largest absolute Gasteiger partial charge is 0.493 e. The van der Waals surface area contributed by atoms with Crippen LogP contribution in [0.5, 0.6) is 17.2 Å². The predicted octanol–water partition coefficient (Wildman–Crippen LogP) is 2.73. The van der Waals surface area contributed by atoms with E-state index in [9.17, 15) is 9.59 Å². The van der Waals surface area contributed by atoms with Crippen molar-refractivity contribution in [2.24, 2.45) is 0 Å². The highest BCUT2D eigenvalue weighted by atomic mass is 16.5. The SMILES string of the molecule is COc1cc(NC(=O)COc2ccc(C)cc2)c(C(=O)N(C)C)cc1OC. The van der Waals surface area contributed by atoms with Crippen LogP contribution in [0.1, 0.15) is 15.9 Å². The second-order valence-electron chi connectivity index (χ2n) is 6.10. The lowest BCUT2D eigenvalue weighted by Crippen LogP contribution is -2.26. The third kappa shape index (κ3) is 5.13. The number of aryl methyl sites for hydroxylation is 1. The van der Waals surface area contributed by atoms with Crippen molar-refractivity contribution in [2.45, 2.75) is 6.92 Å². The molecule has 2 rings (SSSR count). The first-order valence-corrected chi connectivity index (χ1v) is 8.32. The summed E-state index contributed by atoms with van der Waals surface area (Å²) in [6.07, 6.45) is 0. The Hall–Kier alpha value is -3.22. The highest BCUT2D eigenvalue weighted by Gasteiger charge is 2.20. The molecule has 7 heteroatoms. The second kappa shape index (κ2) is 8.93. The molecule has 0 aliphatic heterocycles. The van der Waals surface area contributed by atoms with Gasteiger partial charge in [0.25, 0.3) is 11.8 Å². The van der Waals surface area contributed by atoms with E-state index < -0.39 is 5.91 Å². The van der Waals surface area contributed by atoms with Gasteiger partial charge in [0.05, 0.1) is 25.5 Å².